The number of hydrogen-bond acceptors (Lipinski definition) is 4. The van der Waals surface area contributed by atoms with E-state index in [1.165, 1.54) is 0 Å². The fraction of sp³-hybridized carbons (Fsp3) is 0.857. The molecule has 0 aromatic carbocycles. The molecule has 0 atom stereocenters. The Balaban J connectivity index is 2.11. The van der Waals surface area contributed by atoms with Gasteiger partial charge in [0, 0.05) is 39.8 Å². The quantitative estimate of drug-likeness (QED) is 0.642. The third kappa shape index (κ3) is 6.86. The lowest BCUT2D eigenvalue weighted by Crippen LogP contribution is -2.42. The summed E-state index contributed by atoms with van der Waals surface area (Å²) in [7, 11) is 1.75. The van der Waals surface area contributed by atoms with Crippen LogP contribution in [-0.4, -0.2) is 74.6 Å². The fourth-order valence-corrected chi connectivity index (χ4v) is 2.03. The number of rotatable bonds is 8. The molecule has 2 amide bonds. The Morgan fingerprint density at radius 3 is 2.65 bits per heavy atom. The van der Waals surface area contributed by atoms with Crippen LogP contribution in [0, 0.1) is 0 Å². The second-order valence-electron chi connectivity index (χ2n) is 5.15. The highest BCUT2D eigenvalue weighted by Crippen LogP contribution is 1.97. The van der Waals surface area contributed by atoms with Gasteiger partial charge in [-0.25, -0.2) is 0 Å². The summed E-state index contributed by atoms with van der Waals surface area (Å²) < 4.78 is 5.26. The topological polar surface area (TPSA) is 61.9 Å². The second-order valence-corrected chi connectivity index (χ2v) is 5.15. The molecular weight excluding hydrogens is 258 g/mol. The van der Waals surface area contributed by atoms with Crippen molar-refractivity contribution >= 4 is 11.8 Å². The molecule has 1 heterocycles. The molecule has 0 aromatic heterocycles. The molecule has 1 rings (SSSR count). The Morgan fingerprint density at radius 1 is 1.30 bits per heavy atom. The van der Waals surface area contributed by atoms with Crippen LogP contribution in [0.5, 0.6) is 0 Å². The van der Waals surface area contributed by atoms with Crippen LogP contribution >= 0.6 is 0 Å². The lowest BCUT2D eigenvalue weighted by Gasteiger charge is -2.26. The largest absolute Gasteiger partial charge is 0.379 e. The van der Waals surface area contributed by atoms with E-state index in [-0.39, 0.29) is 18.2 Å². The van der Waals surface area contributed by atoms with E-state index in [2.05, 4.69) is 17.1 Å². The molecule has 1 N–H and O–H groups in total. The van der Waals surface area contributed by atoms with Gasteiger partial charge in [0.2, 0.25) is 11.8 Å². The first-order chi connectivity index (χ1) is 9.63. The van der Waals surface area contributed by atoms with Crippen LogP contribution < -0.4 is 5.32 Å². The minimum absolute atomic E-state index is 0.0523. The monoisotopic (exact) mass is 285 g/mol. The van der Waals surface area contributed by atoms with Gasteiger partial charge >= 0.3 is 0 Å². The smallest absolute Gasteiger partial charge is 0.231 e. The zero-order valence-electron chi connectivity index (χ0n) is 12.7. The van der Waals surface area contributed by atoms with Crippen molar-refractivity contribution in [1.82, 2.24) is 15.1 Å². The van der Waals surface area contributed by atoms with Gasteiger partial charge in [-0.05, 0) is 6.42 Å². The van der Waals surface area contributed by atoms with Crippen LogP contribution in [0.3, 0.4) is 0 Å². The molecule has 1 saturated heterocycles. The molecule has 1 aliphatic heterocycles. The van der Waals surface area contributed by atoms with Crippen molar-refractivity contribution in [1.29, 1.82) is 0 Å². The van der Waals surface area contributed by atoms with E-state index in [1.807, 2.05) is 0 Å². The van der Waals surface area contributed by atoms with Gasteiger partial charge in [-0.2, -0.15) is 0 Å². The predicted molar refractivity (Wildman–Crippen MR) is 77.4 cm³/mol. The van der Waals surface area contributed by atoms with E-state index in [4.69, 9.17) is 4.74 Å². The molecule has 0 aromatic rings. The fourth-order valence-electron chi connectivity index (χ4n) is 2.03. The Morgan fingerprint density at radius 2 is 2.00 bits per heavy atom. The Bertz CT molecular complexity index is 304. The lowest BCUT2D eigenvalue weighted by molar-refractivity contribution is -0.135. The van der Waals surface area contributed by atoms with Gasteiger partial charge in [0.25, 0.3) is 0 Å². The first-order valence-corrected chi connectivity index (χ1v) is 7.44. The van der Waals surface area contributed by atoms with Gasteiger partial charge in [-0.3, -0.25) is 14.5 Å². The minimum Gasteiger partial charge on any atom is -0.379 e. The van der Waals surface area contributed by atoms with Gasteiger partial charge in [0.1, 0.15) is 6.42 Å². The molecule has 6 nitrogen and oxygen atoms in total. The van der Waals surface area contributed by atoms with Crippen molar-refractivity contribution in [3.05, 3.63) is 0 Å². The first-order valence-electron chi connectivity index (χ1n) is 7.44. The Kier molecular flexibility index (Phi) is 8.22. The van der Waals surface area contributed by atoms with Crippen molar-refractivity contribution in [2.75, 3.05) is 53.0 Å². The zero-order valence-corrected chi connectivity index (χ0v) is 12.7. The average molecular weight is 285 g/mol. The van der Waals surface area contributed by atoms with E-state index in [1.54, 1.807) is 11.9 Å². The molecule has 116 valence electrons. The standard InChI is InChI=1S/C14H27N3O3/c1-3-4-6-16(2)14(19)12-13(18)15-5-7-17-8-10-20-11-9-17/h3-12H2,1-2H3,(H,15,18). The summed E-state index contributed by atoms with van der Waals surface area (Å²) >= 11 is 0. The summed E-state index contributed by atoms with van der Waals surface area (Å²) in [4.78, 5) is 27.3. The normalized spacial score (nSPS) is 15.9. The highest BCUT2D eigenvalue weighted by atomic mass is 16.5. The van der Waals surface area contributed by atoms with Gasteiger partial charge in [-0.15, -0.1) is 0 Å². The molecule has 0 aliphatic carbocycles. The van der Waals surface area contributed by atoms with Crippen molar-refractivity contribution in [3.63, 3.8) is 0 Å². The Labute approximate surface area is 121 Å². The van der Waals surface area contributed by atoms with E-state index in [0.717, 1.165) is 52.2 Å². The van der Waals surface area contributed by atoms with Gasteiger partial charge in [0.05, 0.1) is 13.2 Å². The zero-order chi connectivity index (χ0) is 14.8. The number of carbonyl (C=O) groups is 2. The number of carbonyl (C=O) groups excluding carboxylic acids is 2. The molecule has 0 spiro atoms. The van der Waals surface area contributed by atoms with Crippen LogP contribution in [0.25, 0.3) is 0 Å². The molecule has 0 bridgehead atoms. The number of nitrogens with one attached hydrogen (secondary N) is 1. The summed E-state index contributed by atoms with van der Waals surface area (Å²) in [5, 5.41) is 2.80. The average Bonchev–Trinajstić information content (AvgIpc) is 2.45. The molecule has 20 heavy (non-hydrogen) atoms. The maximum Gasteiger partial charge on any atom is 0.231 e. The number of nitrogens with zero attached hydrogens (tertiary/aromatic N) is 2. The maximum atomic E-state index is 11.8. The van der Waals surface area contributed by atoms with E-state index < -0.39 is 0 Å². The molecule has 1 aliphatic rings. The van der Waals surface area contributed by atoms with E-state index >= 15 is 0 Å². The summed E-state index contributed by atoms with van der Waals surface area (Å²) in [5.74, 6) is -0.297. The third-order valence-electron chi connectivity index (χ3n) is 3.44. The van der Waals surface area contributed by atoms with Crippen molar-refractivity contribution in [3.8, 4) is 0 Å². The summed E-state index contributed by atoms with van der Waals surface area (Å²) in [6.45, 7) is 7.54. The van der Waals surface area contributed by atoms with Gasteiger partial charge < -0.3 is 15.0 Å². The van der Waals surface area contributed by atoms with E-state index in [0.29, 0.717) is 6.54 Å². The predicted octanol–water partition coefficient (Wildman–Crippen LogP) is 0.0834. The minimum atomic E-state index is -0.188. The highest BCUT2D eigenvalue weighted by Gasteiger charge is 2.14. The van der Waals surface area contributed by atoms with Crippen molar-refractivity contribution < 1.29 is 14.3 Å². The molecule has 0 radical (unpaired) electrons. The number of unbranched alkanes of at least 4 members (excludes halogenated alkanes) is 1. The number of morpholine rings is 1. The SMILES string of the molecule is CCCCN(C)C(=O)CC(=O)NCCN1CCOCC1. The second kappa shape index (κ2) is 9.72. The molecular formula is C14H27N3O3. The third-order valence-corrected chi connectivity index (χ3v) is 3.44. The van der Waals surface area contributed by atoms with Crippen molar-refractivity contribution in [2.24, 2.45) is 0 Å². The summed E-state index contributed by atoms with van der Waals surface area (Å²) in [6.07, 6.45) is 1.97. The highest BCUT2D eigenvalue weighted by molar-refractivity contribution is 5.96. The van der Waals surface area contributed by atoms with Crippen LogP contribution in [-0.2, 0) is 14.3 Å². The molecule has 6 heteroatoms. The lowest BCUT2D eigenvalue weighted by atomic mass is 10.3. The number of hydrogen-bond donors (Lipinski definition) is 1. The van der Waals surface area contributed by atoms with Crippen LogP contribution in [0.1, 0.15) is 26.2 Å². The van der Waals surface area contributed by atoms with Crippen molar-refractivity contribution in [2.45, 2.75) is 26.2 Å². The van der Waals surface area contributed by atoms with Crippen LogP contribution in [0.2, 0.25) is 0 Å². The number of amides is 2. The van der Waals surface area contributed by atoms with Gasteiger partial charge in [0.15, 0.2) is 0 Å². The summed E-state index contributed by atoms with van der Waals surface area (Å²) in [5.41, 5.74) is 0. The maximum absolute atomic E-state index is 11.8. The molecule has 0 saturated carbocycles. The first kappa shape index (κ1) is 16.9. The summed E-state index contributed by atoms with van der Waals surface area (Å²) in [6, 6.07) is 0. The Hall–Kier alpha value is -1.14. The molecule has 0 unspecified atom stereocenters. The van der Waals surface area contributed by atoms with Gasteiger partial charge in [-0.1, -0.05) is 13.3 Å². The number of ether oxygens (including phenoxy) is 1. The van der Waals surface area contributed by atoms with Crippen LogP contribution in [0.4, 0.5) is 0 Å². The van der Waals surface area contributed by atoms with Crippen LogP contribution in [0.15, 0.2) is 0 Å². The van der Waals surface area contributed by atoms with E-state index in [9.17, 15) is 9.59 Å². The molecule has 1 fully saturated rings.